The van der Waals surface area contributed by atoms with Crippen molar-refractivity contribution in [1.29, 1.82) is 0 Å². The van der Waals surface area contributed by atoms with Gasteiger partial charge in [-0.15, -0.1) is 11.3 Å². The van der Waals surface area contributed by atoms with E-state index in [4.69, 9.17) is 5.11 Å². The highest BCUT2D eigenvalue weighted by Crippen LogP contribution is 2.25. The molecule has 0 saturated carbocycles. The van der Waals surface area contributed by atoms with Gasteiger partial charge in [-0.05, 0) is 18.6 Å². The van der Waals surface area contributed by atoms with E-state index in [2.05, 4.69) is 18.8 Å². The van der Waals surface area contributed by atoms with E-state index in [0.29, 0.717) is 11.7 Å². The zero-order valence-corrected chi connectivity index (χ0v) is 13.4. The van der Waals surface area contributed by atoms with E-state index in [1.807, 2.05) is 29.7 Å². The maximum absolute atomic E-state index is 12.5. The van der Waals surface area contributed by atoms with Gasteiger partial charge in [-0.25, -0.2) is 0 Å². The number of thiophene rings is 1. The highest BCUT2D eigenvalue weighted by atomic mass is 32.2. The predicted octanol–water partition coefficient (Wildman–Crippen LogP) is 2.37. The van der Waals surface area contributed by atoms with Crippen LogP contribution in [0.2, 0.25) is 0 Å². The van der Waals surface area contributed by atoms with Crippen LogP contribution in [0.3, 0.4) is 0 Å². The van der Waals surface area contributed by atoms with Gasteiger partial charge in [0.05, 0.1) is 16.4 Å². The van der Waals surface area contributed by atoms with E-state index in [9.17, 15) is 4.79 Å². The number of carbonyl (C=O) groups is 1. The van der Waals surface area contributed by atoms with Crippen molar-refractivity contribution >= 4 is 29.0 Å². The average molecular weight is 309 g/mol. The first kappa shape index (κ1) is 15.4. The van der Waals surface area contributed by atoms with Gasteiger partial charge in [-0.2, -0.15) is 11.8 Å². The number of amides is 1. The Morgan fingerprint density at radius 1 is 1.60 bits per heavy atom. The van der Waals surface area contributed by atoms with Gasteiger partial charge in [0.1, 0.15) is 0 Å². The highest BCUT2D eigenvalue weighted by molar-refractivity contribution is 7.99. The fraction of sp³-hybridized carbons (Fsp3) is 0.533. The summed E-state index contributed by atoms with van der Waals surface area (Å²) in [5, 5.41) is 9.25. The minimum absolute atomic E-state index is 0.0759. The zero-order valence-electron chi connectivity index (χ0n) is 11.8. The summed E-state index contributed by atoms with van der Waals surface area (Å²) >= 11 is 3.38. The molecule has 0 spiro atoms. The minimum Gasteiger partial charge on any atom is -0.395 e. The lowest BCUT2D eigenvalue weighted by Gasteiger charge is -2.30. The summed E-state index contributed by atoms with van der Waals surface area (Å²) in [6.07, 6.45) is 0.474. The number of hydrogen-bond donors (Lipinski definition) is 1. The molecule has 1 saturated heterocycles. The lowest BCUT2D eigenvalue weighted by Crippen LogP contribution is -2.40. The van der Waals surface area contributed by atoms with E-state index in [-0.39, 0.29) is 12.5 Å². The second-order valence-electron chi connectivity index (χ2n) is 4.83. The van der Waals surface area contributed by atoms with Crippen LogP contribution in [0.4, 0.5) is 0 Å². The van der Waals surface area contributed by atoms with E-state index in [0.717, 1.165) is 34.2 Å². The molecule has 1 atom stereocenters. The van der Waals surface area contributed by atoms with Crippen molar-refractivity contribution in [2.45, 2.75) is 25.5 Å². The lowest BCUT2D eigenvalue weighted by atomic mass is 10.2. The molecule has 5 heteroatoms. The summed E-state index contributed by atoms with van der Waals surface area (Å²) < 4.78 is 0. The molecule has 1 aliphatic rings. The minimum atomic E-state index is 0.0759. The first-order valence-corrected chi connectivity index (χ1v) is 8.59. The maximum Gasteiger partial charge on any atom is 0.264 e. The number of carbonyl (C=O) groups excluding carboxylic acids is 1. The van der Waals surface area contributed by atoms with Gasteiger partial charge >= 0.3 is 0 Å². The Morgan fingerprint density at radius 3 is 3.10 bits per heavy atom. The molecule has 2 heterocycles. The molecule has 3 nitrogen and oxygen atoms in total. The van der Waals surface area contributed by atoms with Crippen LogP contribution in [0.15, 0.2) is 6.07 Å². The molecule has 20 heavy (non-hydrogen) atoms. The maximum atomic E-state index is 12.5. The standard InChI is InChI=1S/C15H19NO2S2/c1-11-9-14(20-13(11)5-3-4-7-17)15(18)16-6-8-19-12(2)10-16/h9,12,17H,4,6-8,10H2,1-2H3. The quantitative estimate of drug-likeness (QED) is 0.853. The topological polar surface area (TPSA) is 40.5 Å². The van der Waals surface area contributed by atoms with Crippen LogP contribution < -0.4 is 0 Å². The number of aliphatic hydroxyl groups excluding tert-OH is 1. The lowest BCUT2D eigenvalue weighted by molar-refractivity contribution is 0.0768. The smallest absolute Gasteiger partial charge is 0.264 e. The van der Waals surface area contributed by atoms with E-state index in [1.165, 1.54) is 11.3 Å². The molecule has 0 aliphatic carbocycles. The number of nitrogens with zero attached hydrogens (tertiary/aromatic N) is 1. The van der Waals surface area contributed by atoms with E-state index < -0.39 is 0 Å². The van der Waals surface area contributed by atoms with Gasteiger partial charge in [-0.3, -0.25) is 4.79 Å². The third kappa shape index (κ3) is 3.78. The third-order valence-corrected chi connectivity index (χ3v) is 5.37. The summed E-state index contributed by atoms with van der Waals surface area (Å²) in [5.41, 5.74) is 1.04. The molecule has 1 fully saturated rings. The predicted molar refractivity (Wildman–Crippen MR) is 85.5 cm³/mol. The second kappa shape index (κ2) is 7.16. The van der Waals surface area contributed by atoms with Gasteiger partial charge in [-0.1, -0.05) is 18.8 Å². The Hall–Kier alpha value is -0.960. The van der Waals surface area contributed by atoms with Gasteiger partial charge < -0.3 is 10.0 Å². The molecule has 1 aliphatic heterocycles. The second-order valence-corrected chi connectivity index (χ2v) is 7.43. The molecular formula is C15H19NO2S2. The van der Waals surface area contributed by atoms with Crippen molar-refractivity contribution in [3.8, 4) is 11.8 Å². The highest BCUT2D eigenvalue weighted by Gasteiger charge is 2.23. The Balaban J connectivity index is 2.11. The zero-order chi connectivity index (χ0) is 14.5. The molecule has 2 rings (SSSR count). The SMILES string of the molecule is Cc1cc(C(=O)N2CCSC(C)C2)sc1C#CCCO. The Morgan fingerprint density at radius 2 is 2.40 bits per heavy atom. The van der Waals surface area contributed by atoms with Crippen LogP contribution in [0.1, 0.15) is 33.5 Å². The van der Waals surface area contributed by atoms with Crippen molar-refractivity contribution in [2.24, 2.45) is 0 Å². The molecule has 0 radical (unpaired) electrons. The van der Waals surface area contributed by atoms with Gasteiger partial charge in [0.15, 0.2) is 0 Å². The molecule has 108 valence electrons. The summed E-state index contributed by atoms with van der Waals surface area (Å²) in [4.78, 5) is 16.1. The number of hydrogen-bond acceptors (Lipinski definition) is 4. The molecule has 1 N–H and O–H groups in total. The third-order valence-electron chi connectivity index (χ3n) is 3.10. The summed E-state index contributed by atoms with van der Waals surface area (Å²) in [5.74, 6) is 7.09. The van der Waals surface area contributed by atoms with Crippen molar-refractivity contribution < 1.29 is 9.90 Å². The first-order chi connectivity index (χ1) is 9.61. The van der Waals surface area contributed by atoms with Crippen LogP contribution in [0.5, 0.6) is 0 Å². The van der Waals surface area contributed by atoms with Crippen molar-refractivity contribution in [3.63, 3.8) is 0 Å². The van der Waals surface area contributed by atoms with Crippen molar-refractivity contribution in [1.82, 2.24) is 4.90 Å². The molecule has 1 aromatic heterocycles. The Labute approximate surface area is 128 Å². The largest absolute Gasteiger partial charge is 0.395 e. The number of rotatable bonds is 2. The Bertz CT molecular complexity index is 542. The van der Waals surface area contributed by atoms with Crippen LogP contribution in [0.25, 0.3) is 0 Å². The normalized spacial score (nSPS) is 18.6. The van der Waals surface area contributed by atoms with Crippen LogP contribution in [0, 0.1) is 18.8 Å². The van der Waals surface area contributed by atoms with Crippen LogP contribution in [-0.2, 0) is 0 Å². The summed E-state index contributed by atoms with van der Waals surface area (Å²) in [6, 6.07) is 1.93. The van der Waals surface area contributed by atoms with Crippen LogP contribution in [-0.4, -0.2) is 46.6 Å². The van der Waals surface area contributed by atoms with Gasteiger partial charge in [0.25, 0.3) is 5.91 Å². The number of aryl methyl sites for hydroxylation is 1. The molecular weight excluding hydrogens is 290 g/mol. The number of aliphatic hydroxyl groups is 1. The summed E-state index contributed by atoms with van der Waals surface area (Å²) in [7, 11) is 0. The van der Waals surface area contributed by atoms with E-state index in [1.54, 1.807) is 0 Å². The first-order valence-electron chi connectivity index (χ1n) is 6.73. The molecule has 1 unspecified atom stereocenters. The van der Waals surface area contributed by atoms with Crippen molar-refractivity contribution in [2.75, 3.05) is 25.4 Å². The average Bonchev–Trinajstić information content (AvgIpc) is 2.80. The molecule has 1 amide bonds. The summed E-state index contributed by atoms with van der Waals surface area (Å²) in [6.45, 7) is 5.87. The van der Waals surface area contributed by atoms with Gasteiger partial charge in [0, 0.05) is 30.5 Å². The van der Waals surface area contributed by atoms with Gasteiger partial charge in [0.2, 0.25) is 0 Å². The monoisotopic (exact) mass is 309 g/mol. The molecule has 1 aromatic rings. The van der Waals surface area contributed by atoms with Crippen molar-refractivity contribution in [3.05, 3.63) is 21.4 Å². The molecule has 0 bridgehead atoms. The number of thioether (sulfide) groups is 1. The fourth-order valence-corrected chi connectivity index (χ4v) is 4.10. The Kier molecular flexibility index (Phi) is 5.53. The fourth-order valence-electron chi connectivity index (χ4n) is 2.07. The van der Waals surface area contributed by atoms with Crippen LogP contribution >= 0.6 is 23.1 Å². The molecule has 0 aromatic carbocycles. The van der Waals surface area contributed by atoms with E-state index >= 15 is 0 Å².